The van der Waals surface area contributed by atoms with E-state index in [1.54, 1.807) is 18.2 Å². The SMILES string of the molecule is NCCC(=O)OC[C@H]1C[C@H](c2ccc3cc(-c4ccccc4C(F)(F)F)[nH]c(=O)c3c2)C(=O)N1. The lowest BCUT2D eigenvalue weighted by molar-refractivity contribution is -0.144. The summed E-state index contributed by atoms with van der Waals surface area (Å²) in [5.74, 6) is -1.25. The number of aromatic nitrogens is 1. The number of aromatic amines is 1. The van der Waals surface area contributed by atoms with Crippen LogP contribution in [0, 0.1) is 0 Å². The maximum Gasteiger partial charge on any atom is 0.417 e. The molecule has 1 aliphatic heterocycles. The lowest BCUT2D eigenvalue weighted by Crippen LogP contribution is -2.31. The zero-order chi connectivity index (χ0) is 24.5. The Labute approximate surface area is 192 Å². The number of nitrogens with one attached hydrogen (secondary N) is 2. The Morgan fingerprint density at radius 1 is 1.12 bits per heavy atom. The lowest BCUT2D eigenvalue weighted by atomic mass is 9.93. The van der Waals surface area contributed by atoms with Crippen LogP contribution in [-0.2, 0) is 20.5 Å². The van der Waals surface area contributed by atoms with Crippen LogP contribution in [0.4, 0.5) is 13.2 Å². The van der Waals surface area contributed by atoms with E-state index in [4.69, 9.17) is 10.5 Å². The molecule has 178 valence electrons. The number of benzene rings is 2. The molecule has 0 aliphatic carbocycles. The van der Waals surface area contributed by atoms with Crippen molar-refractivity contribution in [3.63, 3.8) is 0 Å². The van der Waals surface area contributed by atoms with Crippen molar-refractivity contribution in [1.82, 2.24) is 10.3 Å². The first-order valence-corrected chi connectivity index (χ1v) is 10.7. The molecule has 1 saturated heterocycles. The monoisotopic (exact) mass is 473 g/mol. The first-order chi connectivity index (χ1) is 16.2. The van der Waals surface area contributed by atoms with Gasteiger partial charge >= 0.3 is 12.1 Å². The predicted molar refractivity (Wildman–Crippen MR) is 119 cm³/mol. The Morgan fingerprint density at radius 3 is 2.62 bits per heavy atom. The second-order valence-corrected chi connectivity index (χ2v) is 8.12. The zero-order valence-corrected chi connectivity index (χ0v) is 17.9. The van der Waals surface area contributed by atoms with Crippen molar-refractivity contribution in [1.29, 1.82) is 0 Å². The highest BCUT2D eigenvalue weighted by Gasteiger charge is 2.35. The van der Waals surface area contributed by atoms with E-state index >= 15 is 0 Å². The second-order valence-electron chi connectivity index (χ2n) is 8.12. The third-order valence-electron chi connectivity index (χ3n) is 5.77. The molecule has 1 aliphatic rings. The van der Waals surface area contributed by atoms with E-state index in [1.165, 1.54) is 24.3 Å². The summed E-state index contributed by atoms with van der Waals surface area (Å²) in [5.41, 5.74) is 4.43. The normalized spacial score (nSPS) is 18.2. The number of pyridine rings is 1. The number of amides is 1. The number of ether oxygens (including phenoxy) is 1. The Kier molecular flexibility index (Phi) is 6.43. The van der Waals surface area contributed by atoms with Gasteiger partial charge in [0.25, 0.3) is 5.56 Å². The number of nitrogens with two attached hydrogens (primary N) is 1. The number of fused-ring (bicyclic) bond motifs is 1. The van der Waals surface area contributed by atoms with E-state index in [0.29, 0.717) is 17.4 Å². The highest BCUT2D eigenvalue weighted by molar-refractivity contribution is 5.90. The molecular weight excluding hydrogens is 451 g/mol. The molecule has 0 spiro atoms. The van der Waals surface area contributed by atoms with E-state index in [0.717, 1.165) is 6.07 Å². The van der Waals surface area contributed by atoms with Crippen LogP contribution in [0.25, 0.3) is 22.0 Å². The maximum atomic E-state index is 13.4. The molecule has 0 bridgehead atoms. The molecule has 34 heavy (non-hydrogen) atoms. The molecular formula is C24H22F3N3O4. The third-order valence-corrected chi connectivity index (χ3v) is 5.77. The van der Waals surface area contributed by atoms with Gasteiger partial charge < -0.3 is 20.8 Å². The van der Waals surface area contributed by atoms with E-state index in [-0.39, 0.29) is 48.2 Å². The van der Waals surface area contributed by atoms with Crippen LogP contribution in [0.2, 0.25) is 0 Å². The number of rotatable bonds is 6. The molecule has 3 aromatic rings. The van der Waals surface area contributed by atoms with Gasteiger partial charge in [-0.1, -0.05) is 30.3 Å². The number of hydrogen-bond acceptors (Lipinski definition) is 5. The molecule has 4 rings (SSSR count). The lowest BCUT2D eigenvalue weighted by Gasteiger charge is -2.14. The van der Waals surface area contributed by atoms with Crippen molar-refractivity contribution in [2.75, 3.05) is 13.2 Å². The summed E-state index contributed by atoms with van der Waals surface area (Å²) in [7, 11) is 0. The standard InChI is InChI=1S/C24H22F3N3O4/c25-24(26,27)19-4-2-1-3-16(19)20-10-14-6-5-13(9-17(14)23(33)30-20)18-11-15(29-22(18)32)12-34-21(31)7-8-28/h1-6,9-10,15,18H,7-8,11-12,28H2,(H,29,32)(H,30,33)/t15-,18-/m1/s1. The number of hydrogen-bond donors (Lipinski definition) is 3. The van der Waals surface area contributed by atoms with Crippen molar-refractivity contribution >= 4 is 22.6 Å². The number of halogens is 3. The Balaban J connectivity index is 1.61. The molecule has 0 saturated carbocycles. The van der Waals surface area contributed by atoms with Gasteiger partial charge in [0, 0.05) is 23.2 Å². The maximum absolute atomic E-state index is 13.4. The fraction of sp³-hybridized carbons (Fsp3) is 0.292. The molecule has 10 heteroatoms. The molecule has 2 aromatic carbocycles. The van der Waals surface area contributed by atoms with Crippen molar-refractivity contribution in [2.24, 2.45) is 5.73 Å². The smallest absolute Gasteiger partial charge is 0.417 e. The van der Waals surface area contributed by atoms with Gasteiger partial charge in [-0.15, -0.1) is 0 Å². The molecule has 1 amide bonds. The summed E-state index contributed by atoms with van der Waals surface area (Å²) in [5, 5.41) is 3.48. The van der Waals surface area contributed by atoms with Gasteiger partial charge in [0.05, 0.1) is 23.9 Å². The fourth-order valence-electron chi connectivity index (χ4n) is 4.14. The van der Waals surface area contributed by atoms with Crippen LogP contribution in [0.1, 0.15) is 29.9 Å². The number of alkyl halides is 3. The molecule has 1 aromatic heterocycles. The highest BCUT2D eigenvalue weighted by Crippen LogP contribution is 2.37. The van der Waals surface area contributed by atoms with Gasteiger partial charge in [0.2, 0.25) is 5.91 Å². The third kappa shape index (κ3) is 4.81. The average molecular weight is 473 g/mol. The average Bonchev–Trinajstić information content (AvgIpc) is 3.17. The van der Waals surface area contributed by atoms with Crippen molar-refractivity contribution in [2.45, 2.75) is 31.0 Å². The summed E-state index contributed by atoms with van der Waals surface area (Å²) in [6, 6.07) is 11.0. The minimum Gasteiger partial charge on any atom is -0.463 e. The molecule has 0 radical (unpaired) electrons. The van der Waals surface area contributed by atoms with Gasteiger partial charge in [0.15, 0.2) is 0 Å². The van der Waals surface area contributed by atoms with Crippen molar-refractivity contribution in [3.8, 4) is 11.3 Å². The van der Waals surface area contributed by atoms with Gasteiger partial charge in [-0.2, -0.15) is 13.2 Å². The van der Waals surface area contributed by atoms with Gasteiger partial charge in [-0.3, -0.25) is 14.4 Å². The van der Waals surface area contributed by atoms with E-state index in [1.807, 2.05) is 0 Å². The number of esters is 1. The molecule has 0 unspecified atom stereocenters. The molecule has 7 nitrogen and oxygen atoms in total. The summed E-state index contributed by atoms with van der Waals surface area (Å²) in [6.45, 7) is 0.199. The van der Waals surface area contributed by atoms with Gasteiger partial charge in [0.1, 0.15) is 6.61 Å². The first-order valence-electron chi connectivity index (χ1n) is 10.7. The molecule has 2 atom stereocenters. The van der Waals surface area contributed by atoms with Crippen molar-refractivity contribution in [3.05, 3.63) is 70.0 Å². The minimum atomic E-state index is -4.57. The summed E-state index contributed by atoms with van der Waals surface area (Å²) >= 11 is 0. The van der Waals surface area contributed by atoms with Crippen LogP contribution in [0.3, 0.4) is 0 Å². The predicted octanol–water partition coefficient (Wildman–Crippen LogP) is 3.08. The van der Waals surface area contributed by atoms with Crippen LogP contribution < -0.4 is 16.6 Å². The quantitative estimate of drug-likeness (QED) is 0.476. The molecule has 2 heterocycles. The van der Waals surface area contributed by atoms with Crippen LogP contribution in [0.5, 0.6) is 0 Å². The summed E-state index contributed by atoms with van der Waals surface area (Å²) < 4.78 is 45.4. The Bertz CT molecular complexity index is 1300. The van der Waals surface area contributed by atoms with Crippen LogP contribution in [-0.4, -0.2) is 36.1 Å². The highest BCUT2D eigenvalue weighted by atomic mass is 19.4. The van der Waals surface area contributed by atoms with E-state index in [2.05, 4.69) is 10.3 Å². The zero-order valence-electron chi connectivity index (χ0n) is 17.9. The first kappa shape index (κ1) is 23.5. The molecule has 1 fully saturated rings. The molecule has 4 N–H and O–H groups in total. The minimum absolute atomic E-state index is 0.0250. The number of carbonyl (C=O) groups is 2. The topological polar surface area (TPSA) is 114 Å². The van der Waals surface area contributed by atoms with Crippen LogP contribution >= 0.6 is 0 Å². The Morgan fingerprint density at radius 2 is 1.88 bits per heavy atom. The van der Waals surface area contributed by atoms with E-state index in [9.17, 15) is 27.6 Å². The van der Waals surface area contributed by atoms with E-state index < -0.39 is 29.2 Å². The summed E-state index contributed by atoms with van der Waals surface area (Å²) in [4.78, 5) is 39.3. The van der Waals surface area contributed by atoms with Gasteiger partial charge in [-0.05, 0) is 35.6 Å². The summed E-state index contributed by atoms with van der Waals surface area (Å²) in [6.07, 6.45) is -4.11. The fourth-order valence-corrected chi connectivity index (χ4v) is 4.14. The second kappa shape index (κ2) is 9.30. The largest absolute Gasteiger partial charge is 0.463 e. The van der Waals surface area contributed by atoms with Crippen molar-refractivity contribution < 1.29 is 27.5 Å². The Hall–Kier alpha value is -3.66. The number of carbonyl (C=O) groups excluding carboxylic acids is 2. The van der Waals surface area contributed by atoms with Crippen LogP contribution in [0.15, 0.2) is 53.3 Å². The van der Waals surface area contributed by atoms with Gasteiger partial charge in [-0.25, -0.2) is 0 Å². The number of H-pyrrole nitrogens is 1.